The fourth-order valence-corrected chi connectivity index (χ4v) is 2.71. The lowest BCUT2D eigenvalue weighted by atomic mass is 9.70. The maximum absolute atomic E-state index is 5.48. The van der Waals surface area contributed by atoms with Crippen molar-refractivity contribution in [3.63, 3.8) is 0 Å². The summed E-state index contributed by atoms with van der Waals surface area (Å²) in [6.07, 6.45) is 5.67. The molecule has 0 aromatic heterocycles. The van der Waals surface area contributed by atoms with Crippen LogP contribution in [0.25, 0.3) is 0 Å². The Kier molecular flexibility index (Phi) is 3.23. The van der Waals surface area contributed by atoms with Crippen LogP contribution in [0.2, 0.25) is 0 Å². The van der Waals surface area contributed by atoms with Gasteiger partial charge in [0.05, 0.1) is 0 Å². The molecular weight excluding hydrogens is 162 g/mol. The van der Waals surface area contributed by atoms with Crippen LogP contribution in [0, 0.1) is 17.8 Å². The molecule has 0 bridgehead atoms. The van der Waals surface area contributed by atoms with Crippen LogP contribution in [-0.2, 0) is 4.74 Å². The Labute approximate surface area is 81.0 Å². The van der Waals surface area contributed by atoms with Gasteiger partial charge >= 0.3 is 0 Å². The van der Waals surface area contributed by atoms with E-state index in [2.05, 4.69) is 12.4 Å². The molecule has 0 radical (unpaired) electrons. The fraction of sp³-hybridized carbons (Fsp3) is 1.00. The lowest BCUT2D eigenvalue weighted by Crippen LogP contribution is -2.35. The van der Waals surface area contributed by atoms with Gasteiger partial charge in [0.2, 0.25) is 0 Å². The summed E-state index contributed by atoms with van der Waals surface area (Å²) in [5.41, 5.74) is 0. The molecule has 1 aliphatic carbocycles. The van der Waals surface area contributed by atoms with Gasteiger partial charge in [-0.3, -0.25) is 0 Å². The van der Waals surface area contributed by atoms with Gasteiger partial charge in [0.1, 0.15) is 0 Å². The maximum Gasteiger partial charge on any atom is 0.0498 e. The summed E-state index contributed by atoms with van der Waals surface area (Å²) in [5.74, 6) is 2.73. The van der Waals surface area contributed by atoms with Crippen molar-refractivity contribution in [1.82, 2.24) is 5.32 Å². The molecule has 76 valence electrons. The smallest absolute Gasteiger partial charge is 0.0498 e. The van der Waals surface area contributed by atoms with Crippen molar-refractivity contribution in [3.8, 4) is 0 Å². The molecule has 1 saturated carbocycles. The Bertz CT molecular complexity index is 150. The molecule has 0 amide bonds. The van der Waals surface area contributed by atoms with E-state index >= 15 is 0 Å². The third kappa shape index (κ3) is 2.05. The van der Waals surface area contributed by atoms with Crippen LogP contribution in [0.5, 0.6) is 0 Å². The van der Waals surface area contributed by atoms with E-state index in [1.165, 1.54) is 32.2 Å². The lowest BCUT2D eigenvalue weighted by Gasteiger charge is -2.36. The zero-order valence-electron chi connectivity index (χ0n) is 8.59. The first kappa shape index (κ1) is 9.47. The van der Waals surface area contributed by atoms with Crippen LogP contribution < -0.4 is 5.32 Å². The zero-order chi connectivity index (χ0) is 9.10. The quantitative estimate of drug-likeness (QED) is 0.715. The van der Waals surface area contributed by atoms with Gasteiger partial charge in [-0.25, -0.2) is 0 Å². The Hall–Kier alpha value is -0.0800. The molecule has 2 nitrogen and oxygen atoms in total. The fourth-order valence-electron chi connectivity index (χ4n) is 2.71. The monoisotopic (exact) mass is 183 g/mol. The van der Waals surface area contributed by atoms with Gasteiger partial charge in [0, 0.05) is 13.2 Å². The van der Waals surface area contributed by atoms with Crippen molar-refractivity contribution < 1.29 is 4.74 Å². The van der Waals surface area contributed by atoms with E-state index < -0.39 is 0 Å². The predicted molar refractivity (Wildman–Crippen MR) is 53.7 cm³/mol. The number of ether oxygens (including phenoxy) is 1. The van der Waals surface area contributed by atoms with E-state index in [-0.39, 0.29) is 0 Å². The van der Waals surface area contributed by atoms with E-state index in [4.69, 9.17) is 4.74 Å². The number of hydrogen-bond donors (Lipinski definition) is 1. The minimum absolute atomic E-state index is 0.845. The lowest BCUT2D eigenvalue weighted by molar-refractivity contribution is 0.118. The van der Waals surface area contributed by atoms with Crippen LogP contribution in [-0.4, -0.2) is 26.8 Å². The first-order valence-corrected chi connectivity index (χ1v) is 5.64. The van der Waals surface area contributed by atoms with Crippen molar-refractivity contribution >= 4 is 0 Å². The number of nitrogens with one attached hydrogen (secondary N) is 1. The molecule has 2 heteroatoms. The van der Waals surface area contributed by atoms with Crippen LogP contribution in [0.4, 0.5) is 0 Å². The van der Waals surface area contributed by atoms with Crippen molar-refractivity contribution in [2.75, 3.05) is 26.8 Å². The Morgan fingerprint density at radius 2 is 2.15 bits per heavy atom. The van der Waals surface area contributed by atoms with Gasteiger partial charge in [0.25, 0.3) is 0 Å². The van der Waals surface area contributed by atoms with E-state index in [1.807, 2.05) is 0 Å². The minimum Gasteiger partial charge on any atom is -0.381 e. The highest BCUT2D eigenvalue weighted by molar-refractivity contribution is 4.85. The van der Waals surface area contributed by atoms with Gasteiger partial charge in [-0.2, -0.15) is 0 Å². The molecule has 2 aliphatic rings. The second-order valence-corrected chi connectivity index (χ2v) is 4.54. The van der Waals surface area contributed by atoms with Crippen molar-refractivity contribution in [2.24, 2.45) is 17.8 Å². The standard InChI is InChI=1S/C11H21NO/c1-12-7-11(9-3-2-4-9)10-5-6-13-8-10/h9-12H,2-8H2,1H3. The van der Waals surface area contributed by atoms with Gasteiger partial charge < -0.3 is 10.1 Å². The Balaban J connectivity index is 1.86. The Morgan fingerprint density at radius 3 is 2.62 bits per heavy atom. The van der Waals surface area contributed by atoms with Gasteiger partial charge in [-0.1, -0.05) is 19.3 Å². The third-order valence-corrected chi connectivity index (χ3v) is 3.77. The van der Waals surface area contributed by atoms with E-state index in [0.717, 1.165) is 31.0 Å². The second kappa shape index (κ2) is 4.43. The summed E-state index contributed by atoms with van der Waals surface area (Å²) in [6.45, 7) is 3.21. The van der Waals surface area contributed by atoms with Crippen LogP contribution in [0.1, 0.15) is 25.7 Å². The highest BCUT2D eigenvalue weighted by atomic mass is 16.5. The molecule has 13 heavy (non-hydrogen) atoms. The molecule has 0 aromatic rings. The topological polar surface area (TPSA) is 21.3 Å². The largest absolute Gasteiger partial charge is 0.381 e. The first-order chi connectivity index (χ1) is 6.42. The second-order valence-electron chi connectivity index (χ2n) is 4.54. The zero-order valence-corrected chi connectivity index (χ0v) is 8.59. The van der Waals surface area contributed by atoms with Gasteiger partial charge in [0.15, 0.2) is 0 Å². The summed E-state index contributed by atoms with van der Waals surface area (Å²) >= 11 is 0. The van der Waals surface area contributed by atoms with Crippen molar-refractivity contribution in [2.45, 2.75) is 25.7 Å². The summed E-state index contributed by atoms with van der Waals surface area (Å²) in [6, 6.07) is 0. The molecule has 2 atom stereocenters. The number of rotatable bonds is 4. The molecule has 1 aliphatic heterocycles. The first-order valence-electron chi connectivity index (χ1n) is 5.64. The van der Waals surface area contributed by atoms with Crippen LogP contribution >= 0.6 is 0 Å². The van der Waals surface area contributed by atoms with E-state index in [1.54, 1.807) is 0 Å². The molecular formula is C11H21NO. The summed E-state index contributed by atoms with van der Waals surface area (Å²) < 4.78 is 5.48. The molecule has 1 saturated heterocycles. The third-order valence-electron chi connectivity index (χ3n) is 3.77. The molecule has 1 N–H and O–H groups in total. The van der Waals surface area contributed by atoms with Crippen molar-refractivity contribution in [1.29, 1.82) is 0 Å². The van der Waals surface area contributed by atoms with Crippen LogP contribution in [0.3, 0.4) is 0 Å². The summed E-state index contributed by atoms with van der Waals surface area (Å²) in [4.78, 5) is 0. The normalized spacial score (nSPS) is 31.6. The average Bonchev–Trinajstić information content (AvgIpc) is 2.51. The minimum atomic E-state index is 0.845. The molecule has 2 unspecified atom stereocenters. The average molecular weight is 183 g/mol. The molecule has 0 spiro atoms. The maximum atomic E-state index is 5.48. The molecule has 2 fully saturated rings. The summed E-state index contributed by atoms with van der Waals surface area (Å²) in [7, 11) is 2.07. The van der Waals surface area contributed by atoms with E-state index in [0.29, 0.717) is 0 Å². The molecule has 1 heterocycles. The predicted octanol–water partition coefficient (Wildman–Crippen LogP) is 1.66. The molecule has 2 rings (SSSR count). The van der Waals surface area contributed by atoms with Gasteiger partial charge in [-0.05, 0) is 37.8 Å². The number of hydrogen-bond acceptors (Lipinski definition) is 2. The van der Waals surface area contributed by atoms with Gasteiger partial charge in [-0.15, -0.1) is 0 Å². The highest BCUT2D eigenvalue weighted by Gasteiger charge is 2.34. The molecule has 0 aromatic carbocycles. The Morgan fingerprint density at radius 1 is 1.31 bits per heavy atom. The SMILES string of the molecule is CNCC(C1CCC1)C1CCOC1. The summed E-state index contributed by atoms with van der Waals surface area (Å²) in [5, 5.41) is 3.34. The highest BCUT2D eigenvalue weighted by Crippen LogP contribution is 2.39. The van der Waals surface area contributed by atoms with Crippen molar-refractivity contribution in [3.05, 3.63) is 0 Å². The van der Waals surface area contributed by atoms with E-state index in [9.17, 15) is 0 Å². The van der Waals surface area contributed by atoms with Crippen LogP contribution in [0.15, 0.2) is 0 Å².